The molecule has 0 fully saturated rings. The summed E-state index contributed by atoms with van der Waals surface area (Å²) in [5.41, 5.74) is 0. The zero-order valence-electron chi connectivity index (χ0n) is 7.04. The summed E-state index contributed by atoms with van der Waals surface area (Å²) in [6.07, 6.45) is 1.60. The maximum Gasteiger partial charge on any atom is 0.326 e. The third-order valence-electron chi connectivity index (χ3n) is 1.49. The van der Waals surface area contributed by atoms with Gasteiger partial charge in [-0.15, -0.1) is 0 Å². The molecule has 5 nitrogen and oxygen atoms in total. The lowest BCUT2D eigenvalue weighted by Gasteiger charge is -2.09. The molecular formula is C7H14N2O3. The first kappa shape index (κ1) is 10.9. The van der Waals surface area contributed by atoms with Crippen molar-refractivity contribution in [3.05, 3.63) is 0 Å². The SMILES string of the molecule is CNCCC[C@H](NC=O)C(=O)O. The molecule has 0 rings (SSSR count). The van der Waals surface area contributed by atoms with Gasteiger partial charge in [-0.2, -0.15) is 0 Å². The van der Waals surface area contributed by atoms with Crippen LogP contribution in [0, 0.1) is 0 Å². The first-order valence-corrected chi connectivity index (χ1v) is 3.79. The zero-order chi connectivity index (χ0) is 9.40. The molecule has 70 valence electrons. The monoisotopic (exact) mass is 174 g/mol. The summed E-state index contributed by atoms with van der Waals surface area (Å²) < 4.78 is 0. The Morgan fingerprint density at radius 1 is 1.67 bits per heavy atom. The molecule has 0 saturated heterocycles. The topological polar surface area (TPSA) is 78.4 Å². The molecule has 0 radical (unpaired) electrons. The van der Waals surface area contributed by atoms with Crippen molar-refractivity contribution in [1.82, 2.24) is 10.6 Å². The third-order valence-corrected chi connectivity index (χ3v) is 1.49. The molecule has 0 aliphatic heterocycles. The molecule has 12 heavy (non-hydrogen) atoms. The third kappa shape index (κ3) is 4.68. The van der Waals surface area contributed by atoms with Gasteiger partial charge in [0.2, 0.25) is 6.41 Å². The van der Waals surface area contributed by atoms with Crippen molar-refractivity contribution in [3.63, 3.8) is 0 Å². The van der Waals surface area contributed by atoms with Crippen LogP contribution in [0.25, 0.3) is 0 Å². The van der Waals surface area contributed by atoms with Gasteiger partial charge in [-0.3, -0.25) is 4.79 Å². The Morgan fingerprint density at radius 2 is 2.33 bits per heavy atom. The minimum absolute atomic E-state index is 0.415. The summed E-state index contributed by atoms with van der Waals surface area (Å²) in [4.78, 5) is 20.4. The van der Waals surface area contributed by atoms with Gasteiger partial charge in [0.25, 0.3) is 0 Å². The molecule has 1 amide bonds. The summed E-state index contributed by atoms with van der Waals surface area (Å²) >= 11 is 0. The number of carboxylic acids is 1. The second-order valence-electron chi connectivity index (χ2n) is 2.42. The normalized spacial score (nSPS) is 12.1. The quantitative estimate of drug-likeness (QED) is 0.348. The van der Waals surface area contributed by atoms with Crippen LogP contribution in [-0.2, 0) is 9.59 Å². The molecule has 0 bridgehead atoms. The van der Waals surface area contributed by atoms with E-state index in [1.54, 1.807) is 7.05 Å². The minimum atomic E-state index is -0.988. The van der Waals surface area contributed by atoms with E-state index in [4.69, 9.17) is 5.11 Å². The van der Waals surface area contributed by atoms with Crippen molar-refractivity contribution < 1.29 is 14.7 Å². The Hall–Kier alpha value is -1.10. The fourth-order valence-corrected chi connectivity index (χ4v) is 0.843. The van der Waals surface area contributed by atoms with Crippen LogP contribution in [0.5, 0.6) is 0 Å². The number of carbonyl (C=O) groups is 2. The maximum atomic E-state index is 10.4. The highest BCUT2D eigenvalue weighted by Crippen LogP contribution is 1.95. The van der Waals surface area contributed by atoms with Gasteiger partial charge in [0.1, 0.15) is 6.04 Å². The van der Waals surface area contributed by atoms with Gasteiger partial charge in [-0.05, 0) is 26.4 Å². The number of aliphatic carboxylic acids is 1. The lowest BCUT2D eigenvalue weighted by molar-refractivity contribution is -0.140. The molecule has 0 saturated carbocycles. The van der Waals surface area contributed by atoms with E-state index in [9.17, 15) is 9.59 Å². The number of nitrogens with one attached hydrogen (secondary N) is 2. The Morgan fingerprint density at radius 3 is 2.75 bits per heavy atom. The maximum absolute atomic E-state index is 10.4. The smallest absolute Gasteiger partial charge is 0.326 e. The van der Waals surface area contributed by atoms with E-state index in [1.807, 2.05) is 0 Å². The number of hydrogen-bond donors (Lipinski definition) is 3. The van der Waals surface area contributed by atoms with Gasteiger partial charge < -0.3 is 15.7 Å². The summed E-state index contributed by atoms with van der Waals surface area (Å²) in [5, 5.41) is 13.7. The number of hydrogen-bond acceptors (Lipinski definition) is 3. The van der Waals surface area contributed by atoms with Crippen molar-refractivity contribution >= 4 is 12.4 Å². The van der Waals surface area contributed by atoms with Crippen LogP contribution in [0.1, 0.15) is 12.8 Å². The summed E-state index contributed by atoms with van der Waals surface area (Å²) in [7, 11) is 1.79. The Kier molecular flexibility index (Phi) is 6.00. The molecule has 0 aromatic rings. The number of rotatable bonds is 7. The summed E-state index contributed by atoms with van der Waals surface area (Å²) in [5.74, 6) is -0.988. The number of carbonyl (C=O) groups excluding carboxylic acids is 1. The Bertz CT molecular complexity index is 150. The first-order chi connectivity index (χ1) is 5.72. The highest BCUT2D eigenvalue weighted by Gasteiger charge is 2.14. The van der Waals surface area contributed by atoms with E-state index in [0.29, 0.717) is 12.8 Å². The second-order valence-corrected chi connectivity index (χ2v) is 2.42. The lowest BCUT2D eigenvalue weighted by Crippen LogP contribution is -2.36. The van der Waals surface area contributed by atoms with Gasteiger partial charge in [0.05, 0.1) is 0 Å². The van der Waals surface area contributed by atoms with Crippen LogP contribution in [0.4, 0.5) is 0 Å². The van der Waals surface area contributed by atoms with Crippen LogP contribution in [-0.4, -0.2) is 37.1 Å². The summed E-state index contributed by atoms with van der Waals surface area (Å²) in [6.45, 7) is 0.754. The highest BCUT2D eigenvalue weighted by atomic mass is 16.4. The first-order valence-electron chi connectivity index (χ1n) is 3.79. The van der Waals surface area contributed by atoms with Crippen LogP contribution >= 0.6 is 0 Å². The van der Waals surface area contributed by atoms with Crippen LogP contribution < -0.4 is 10.6 Å². The lowest BCUT2D eigenvalue weighted by atomic mass is 10.1. The van der Waals surface area contributed by atoms with Crippen LogP contribution in [0.3, 0.4) is 0 Å². The average Bonchev–Trinajstić information content (AvgIpc) is 2.03. The molecule has 0 spiro atoms. The molecule has 5 heteroatoms. The Balaban J connectivity index is 3.63. The highest BCUT2D eigenvalue weighted by molar-refractivity contribution is 5.76. The molecule has 0 heterocycles. The van der Waals surface area contributed by atoms with Crippen LogP contribution in [0.15, 0.2) is 0 Å². The molecule has 0 unspecified atom stereocenters. The van der Waals surface area contributed by atoms with Gasteiger partial charge in [0, 0.05) is 0 Å². The van der Waals surface area contributed by atoms with Crippen molar-refractivity contribution in [2.45, 2.75) is 18.9 Å². The zero-order valence-corrected chi connectivity index (χ0v) is 7.04. The van der Waals surface area contributed by atoms with Gasteiger partial charge >= 0.3 is 5.97 Å². The van der Waals surface area contributed by atoms with Crippen molar-refractivity contribution in [2.24, 2.45) is 0 Å². The van der Waals surface area contributed by atoms with E-state index >= 15 is 0 Å². The molecular weight excluding hydrogens is 160 g/mol. The van der Waals surface area contributed by atoms with Crippen molar-refractivity contribution in [2.75, 3.05) is 13.6 Å². The molecule has 0 aromatic carbocycles. The number of carboxylic acid groups (broad SMARTS) is 1. The van der Waals surface area contributed by atoms with Crippen molar-refractivity contribution in [3.8, 4) is 0 Å². The van der Waals surface area contributed by atoms with Gasteiger partial charge in [-0.25, -0.2) is 4.79 Å². The fourth-order valence-electron chi connectivity index (χ4n) is 0.843. The predicted octanol–water partition coefficient (Wildman–Crippen LogP) is -0.815. The second kappa shape index (κ2) is 6.60. The van der Waals surface area contributed by atoms with Gasteiger partial charge in [-0.1, -0.05) is 0 Å². The number of amides is 1. The largest absolute Gasteiger partial charge is 0.480 e. The Labute approximate surface area is 71.1 Å². The fraction of sp³-hybridized carbons (Fsp3) is 0.714. The van der Waals surface area contributed by atoms with E-state index in [2.05, 4.69) is 10.6 Å². The molecule has 0 aromatic heterocycles. The van der Waals surface area contributed by atoms with E-state index in [-0.39, 0.29) is 0 Å². The molecule has 3 N–H and O–H groups in total. The average molecular weight is 174 g/mol. The molecule has 1 atom stereocenters. The minimum Gasteiger partial charge on any atom is -0.480 e. The summed E-state index contributed by atoms with van der Waals surface area (Å²) in [6, 6.07) is -0.754. The van der Waals surface area contributed by atoms with E-state index in [1.165, 1.54) is 0 Å². The molecule has 0 aliphatic rings. The van der Waals surface area contributed by atoms with Gasteiger partial charge in [0.15, 0.2) is 0 Å². The standard InChI is InChI=1S/C7H14N2O3/c1-8-4-2-3-6(7(11)12)9-5-10/h5-6,8H,2-4H2,1H3,(H,9,10)(H,11,12)/t6-/m0/s1. The molecule has 0 aliphatic carbocycles. The van der Waals surface area contributed by atoms with E-state index < -0.39 is 12.0 Å². The van der Waals surface area contributed by atoms with E-state index in [0.717, 1.165) is 13.0 Å². The predicted molar refractivity (Wildman–Crippen MR) is 43.8 cm³/mol. The van der Waals surface area contributed by atoms with Crippen LogP contribution in [0.2, 0.25) is 0 Å². The van der Waals surface area contributed by atoms with Crippen molar-refractivity contribution in [1.29, 1.82) is 0 Å².